The zero-order valence-electron chi connectivity index (χ0n) is 20.9. The quantitative estimate of drug-likeness (QED) is 0.218. The first-order valence-corrected chi connectivity index (χ1v) is 13.2. The van der Waals surface area contributed by atoms with Crippen LogP contribution in [0.25, 0.3) is 0 Å². The van der Waals surface area contributed by atoms with E-state index in [0.717, 1.165) is 10.0 Å². The molecule has 0 aromatic heterocycles. The van der Waals surface area contributed by atoms with Gasteiger partial charge in [-0.05, 0) is 60.0 Å². The highest BCUT2D eigenvalue weighted by molar-refractivity contribution is 9.10. The third kappa shape index (κ3) is 6.31. The SMILES string of the molecule is C=CC[C@@]1(C(=O)NCCc2ccccc2F)N=C(c2ccc(OCCCO)cc2)O[C@@H]1c1ccc(Br)cc1. The molecule has 0 saturated heterocycles. The molecule has 0 saturated carbocycles. The first kappa shape index (κ1) is 27.5. The Morgan fingerprint density at radius 3 is 2.58 bits per heavy atom. The summed E-state index contributed by atoms with van der Waals surface area (Å²) in [6, 6.07) is 21.4. The third-order valence-corrected chi connectivity index (χ3v) is 6.82. The molecule has 0 fully saturated rings. The van der Waals surface area contributed by atoms with Crippen LogP contribution >= 0.6 is 15.9 Å². The van der Waals surface area contributed by atoms with Crippen molar-refractivity contribution in [3.05, 3.63) is 112 Å². The Morgan fingerprint density at radius 1 is 1.16 bits per heavy atom. The summed E-state index contributed by atoms with van der Waals surface area (Å²) in [4.78, 5) is 18.6. The van der Waals surface area contributed by atoms with Crippen molar-refractivity contribution in [3.8, 4) is 5.75 Å². The molecule has 1 aliphatic heterocycles. The molecule has 1 heterocycles. The van der Waals surface area contributed by atoms with Gasteiger partial charge in [-0.1, -0.05) is 52.3 Å². The van der Waals surface area contributed by atoms with E-state index < -0.39 is 11.6 Å². The Labute approximate surface area is 230 Å². The molecule has 198 valence electrons. The summed E-state index contributed by atoms with van der Waals surface area (Å²) in [5.74, 6) is 0.378. The number of rotatable bonds is 12. The summed E-state index contributed by atoms with van der Waals surface area (Å²) in [5, 5.41) is 11.9. The van der Waals surface area contributed by atoms with Gasteiger partial charge in [0.1, 0.15) is 11.6 Å². The van der Waals surface area contributed by atoms with Crippen molar-refractivity contribution in [2.45, 2.75) is 30.9 Å². The van der Waals surface area contributed by atoms with Crippen LogP contribution in [0, 0.1) is 5.82 Å². The smallest absolute Gasteiger partial charge is 0.252 e. The van der Waals surface area contributed by atoms with Crippen molar-refractivity contribution < 1.29 is 23.8 Å². The number of benzene rings is 3. The highest BCUT2D eigenvalue weighted by Crippen LogP contribution is 2.43. The van der Waals surface area contributed by atoms with Gasteiger partial charge in [-0.2, -0.15) is 0 Å². The number of carbonyl (C=O) groups excluding carboxylic acids is 1. The van der Waals surface area contributed by atoms with Crippen molar-refractivity contribution in [1.82, 2.24) is 5.32 Å². The Kier molecular flexibility index (Phi) is 9.31. The number of hydrogen-bond donors (Lipinski definition) is 2. The van der Waals surface area contributed by atoms with E-state index in [9.17, 15) is 9.18 Å². The molecule has 1 amide bonds. The van der Waals surface area contributed by atoms with Crippen molar-refractivity contribution in [1.29, 1.82) is 0 Å². The minimum Gasteiger partial charge on any atom is -0.494 e. The maximum absolute atomic E-state index is 14.1. The molecule has 2 atom stereocenters. The molecule has 1 aliphatic rings. The lowest BCUT2D eigenvalue weighted by molar-refractivity contribution is -0.128. The number of amides is 1. The lowest BCUT2D eigenvalue weighted by Gasteiger charge is -2.29. The molecule has 2 N–H and O–H groups in total. The predicted molar refractivity (Wildman–Crippen MR) is 149 cm³/mol. The third-order valence-electron chi connectivity index (χ3n) is 6.30. The zero-order chi connectivity index (χ0) is 27.0. The van der Waals surface area contributed by atoms with E-state index in [1.165, 1.54) is 6.07 Å². The van der Waals surface area contributed by atoms with Crippen LogP contribution in [-0.2, 0) is 16.0 Å². The van der Waals surface area contributed by atoms with Gasteiger partial charge in [0.2, 0.25) is 5.90 Å². The van der Waals surface area contributed by atoms with E-state index in [2.05, 4.69) is 27.8 Å². The van der Waals surface area contributed by atoms with E-state index in [0.29, 0.717) is 42.2 Å². The molecule has 0 unspecified atom stereocenters. The second-order valence-corrected chi connectivity index (χ2v) is 9.85. The van der Waals surface area contributed by atoms with Gasteiger partial charge in [-0.25, -0.2) is 9.38 Å². The molecule has 0 radical (unpaired) electrons. The number of halogens is 2. The topological polar surface area (TPSA) is 80.2 Å². The Morgan fingerprint density at radius 2 is 1.89 bits per heavy atom. The number of nitrogens with zero attached hydrogens (tertiary/aromatic N) is 1. The monoisotopic (exact) mass is 580 g/mol. The fourth-order valence-electron chi connectivity index (χ4n) is 4.34. The first-order chi connectivity index (χ1) is 18.5. The summed E-state index contributed by atoms with van der Waals surface area (Å²) in [7, 11) is 0. The van der Waals surface area contributed by atoms with Gasteiger partial charge in [-0.15, -0.1) is 6.58 Å². The second kappa shape index (κ2) is 12.8. The van der Waals surface area contributed by atoms with Crippen molar-refractivity contribution >= 4 is 27.7 Å². The molecule has 0 bridgehead atoms. The van der Waals surface area contributed by atoms with Crippen LogP contribution in [0.2, 0.25) is 0 Å². The number of nitrogens with one attached hydrogen (secondary N) is 1. The van der Waals surface area contributed by atoms with Crippen molar-refractivity contribution in [2.24, 2.45) is 4.99 Å². The minimum atomic E-state index is -1.30. The van der Waals surface area contributed by atoms with E-state index in [-0.39, 0.29) is 31.3 Å². The Hall–Kier alpha value is -3.49. The molecule has 38 heavy (non-hydrogen) atoms. The number of carbonyl (C=O) groups is 1. The molecule has 4 rings (SSSR count). The molecular formula is C30H30BrFN2O4. The summed E-state index contributed by atoms with van der Waals surface area (Å²) >= 11 is 3.46. The number of ether oxygens (including phenoxy) is 2. The summed E-state index contributed by atoms with van der Waals surface area (Å²) in [5.41, 5.74) is 0.730. The van der Waals surface area contributed by atoms with Crippen LogP contribution < -0.4 is 10.1 Å². The van der Waals surface area contributed by atoms with Gasteiger partial charge in [0.05, 0.1) is 6.61 Å². The maximum atomic E-state index is 14.1. The van der Waals surface area contributed by atoms with E-state index in [4.69, 9.17) is 19.6 Å². The number of hydrogen-bond acceptors (Lipinski definition) is 5. The van der Waals surface area contributed by atoms with E-state index in [1.807, 2.05) is 36.4 Å². The van der Waals surface area contributed by atoms with Crippen LogP contribution in [0.15, 0.2) is 94.9 Å². The number of aliphatic imine (C=N–C) groups is 1. The fraction of sp³-hybridized carbons (Fsp3) is 0.267. The van der Waals surface area contributed by atoms with Gasteiger partial charge in [0.25, 0.3) is 5.91 Å². The van der Waals surface area contributed by atoms with Gasteiger partial charge in [-0.3, -0.25) is 4.79 Å². The van der Waals surface area contributed by atoms with Crippen molar-refractivity contribution in [2.75, 3.05) is 19.8 Å². The standard InChI is InChI=1S/C30H30BrFN2O4/c1-2-17-30(29(36)33-18-16-21-6-3-4-7-26(21)32)27(22-8-12-24(31)13-9-22)38-28(34-30)23-10-14-25(15-11-23)37-20-5-19-35/h2-4,6-15,27,35H,1,5,16-20H2,(H,33,36)/t27-,30-/m1/s1. The van der Waals surface area contributed by atoms with Gasteiger partial charge >= 0.3 is 0 Å². The van der Waals surface area contributed by atoms with Gasteiger partial charge < -0.3 is 19.9 Å². The van der Waals surface area contributed by atoms with Crippen LogP contribution in [0.4, 0.5) is 4.39 Å². The lowest BCUT2D eigenvalue weighted by atomic mass is 9.84. The van der Waals surface area contributed by atoms with E-state index >= 15 is 0 Å². The normalized spacial score (nSPS) is 18.4. The average molecular weight is 581 g/mol. The number of aliphatic hydroxyl groups excluding tert-OH is 1. The molecule has 3 aromatic rings. The van der Waals surface area contributed by atoms with Gasteiger partial charge in [0.15, 0.2) is 11.6 Å². The van der Waals surface area contributed by atoms with Crippen LogP contribution in [0.3, 0.4) is 0 Å². The molecule has 8 heteroatoms. The minimum absolute atomic E-state index is 0.0634. The predicted octanol–water partition coefficient (Wildman–Crippen LogP) is 5.54. The average Bonchev–Trinajstić information content (AvgIpc) is 3.31. The maximum Gasteiger partial charge on any atom is 0.252 e. The largest absolute Gasteiger partial charge is 0.494 e. The zero-order valence-corrected chi connectivity index (χ0v) is 22.5. The first-order valence-electron chi connectivity index (χ1n) is 12.5. The Balaban J connectivity index is 1.62. The fourth-order valence-corrected chi connectivity index (χ4v) is 4.60. The van der Waals surface area contributed by atoms with Crippen molar-refractivity contribution in [3.63, 3.8) is 0 Å². The molecule has 0 aliphatic carbocycles. The highest BCUT2D eigenvalue weighted by atomic mass is 79.9. The van der Waals surface area contributed by atoms with Crippen LogP contribution in [0.1, 0.15) is 35.6 Å². The highest BCUT2D eigenvalue weighted by Gasteiger charge is 2.52. The molecule has 6 nitrogen and oxygen atoms in total. The Bertz CT molecular complexity index is 1280. The summed E-state index contributed by atoms with van der Waals surface area (Å²) < 4.78 is 27.0. The molecule has 0 spiro atoms. The number of aliphatic hydroxyl groups is 1. The molecular weight excluding hydrogens is 551 g/mol. The summed E-state index contributed by atoms with van der Waals surface area (Å²) in [6.07, 6.45) is 2.10. The lowest BCUT2D eigenvalue weighted by Crippen LogP contribution is -2.48. The van der Waals surface area contributed by atoms with Crippen LogP contribution in [0.5, 0.6) is 5.75 Å². The van der Waals surface area contributed by atoms with E-state index in [1.54, 1.807) is 36.4 Å². The van der Waals surface area contributed by atoms with Crippen LogP contribution in [-0.4, -0.2) is 42.2 Å². The molecule has 3 aromatic carbocycles. The van der Waals surface area contributed by atoms with Gasteiger partial charge in [0, 0.05) is 36.0 Å². The summed E-state index contributed by atoms with van der Waals surface area (Å²) in [6.45, 7) is 4.60. The second-order valence-electron chi connectivity index (χ2n) is 8.93.